The van der Waals surface area contributed by atoms with Gasteiger partial charge in [0.05, 0.1) is 40.2 Å². The summed E-state index contributed by atoms with van der Waals surface area (Å²) in [6.45, 7) is 0. The molecule has 0 spiro atoms. The average Bonchev–Trinajstić information content (AvgIpc) is 3.08. The van der Waals surface area contributed by atoms with Gasteiger partial charge in [-0.1, -0.05) is 220 Å². The molecule has 0 nitrogen and oxygen atoms in total. The van der Waals surface area contributed by atoms with Crippen LogP contribution >= 0.6 is 220 Å². The molecule has 10 rings (SSSR count). The molecule has 0 fully saturated rings. The van der Waals surface area contributed by atoms with E-state index in [2.05, 4.69) is 127 Å². The summed E-state index contributed by atoms with van der Waals surface area (Å²) in [6, 6.07) is 15.1. The Hall–Kier alpha value is 0.960. The van der Waals surface area contributed by atoms with Crippen LogP contribution in [0.4, 0.5) is 0 Å². The summed E-state index contributed by atoms with van der Waals surface area (Å²) in [6.07, 6.45) is 0. The molecular weight excluding hydrogens is 1400 g/mol. The Morgan fingerprint density at radius 1 is 0.179 bits per heavy atom. The van der Waals surface area contributed by atoms with Crippen molar-refractivity contribution in [2.24, 2.45) is 0 Å². The van der Waals surface area contributed by atoms with Gasteiger partial charge in [0.25, 0.3) is 0 Å². The molecule has 0 saturated carbocycles. The summed E-state index contributed by atoms with van der Waals surface area (Å²) < 4.78 is 6.91. The summed E-state index contributed by atoms with van der Waals surface area (Å²) in [5, 5.41) is 19.0. The van der Waals surface area contributed by atoms with Crippen molar-refractivity contribution in [3.63, 3.8) is 0 Å². The van der Waals surface area contributed by atoms with E-state index in [4.69, 9.17) is 92.8 Å². The summed E-state index contributed by atoms with van der Waals surface area (Å²) >= 11 is 83.2. The van der Waals surface area contributed by atoms with Gasteiger partial charge in [0.1, 0.15) is 0 Å². The molecular formula is C40H8Br8Cl8. The number of hydrogen-bond acceptors (Lipinski definition) is 0. The number of fused-ring (bicyclic) bond motifs is 4. The Morgan fingerprint density at radius 3 is 0.393 bits per heavy atom. The minimum absolute atomic E-state index is 0.585. The van der Waals surface area contributed by atoms with E-state index < -0.39 is 0 Å². The Bertz CT molecular complexity index is 2780. The highest BCUT2D eigenvalue weighted by Gasteiger charge is 2.27. The molecule has 0 atom stereocenters. The fraction of sp³-hybridized carbons (Fsp3) is 0. The van der Waals surface area contributed by atoms with Gasteiger partial charge in [-0.05, 0) is 48.5 Å². The van der Waals surface area contributed by atoms with Gasteiger partial charge in [-0.2, -0.15) is 0 Å². The normalized spacial score (nSPS) is 12.3. The second kappa shape index (κ2) is 15.3. The molecule has 0 saturated heterocycles. The molecule has 0 amide bonds. The molecule has 0 aromatic heterocycles. The van der Waals surface area contributed by atoms with Gasteiger partial charge in [0.2, 0.25) is 0 Å². The molecule has 0 unspecified atom stereocenters. The maximum absolute atomic E-state index is 6.76. The van der Waals surface area contributed by atoms with Gasteiger partial charge in [0, 0.05) is 122 Å². The zero-order valence-electron chi connectivity index (χ0n) is 26.7. The Balaban J connectivity index is 0.000000146. The molecule has 10 aromatic carbocycles. The van der Waals surface area contributed by atoms with Gasteiger partial charge in [0.15, 0.2) is 0 Å². The lowest BCUT2D eigenvalue weighted by atomic mass is 9.89. The fourth-order valence-electron chi connectivity index (χ4n) is 7.87. The molecule has 0 N–H and O–H groups in total. The second-order valence-electron chi connectivity index (χ2n) is 12.7. The summed E-state index contributed by atoms with van der Waals surface area (Å²) in [5.41, 5.74) is 0. The minimum Gasteiger partial charge on any atom is -0.0836 e. The minimum atomic E-state index is 0.585. The van der Waals surface area contributed by atoms with Crippen molar-refractivity contribution in [2.45, 2.75) is 0 Å². The second-order valence-corrected chi connectivity index (χ2v) is 22.8. The first-order chi connectivity index (χ1) is 26.4. The third kappa shape index (κ3) is 6.18. The van der Waals surface area contributed by atoms with Crippen molar-refractivity contribution in [3.8, 4) is 0 Å². The van der Waals surface area contributed by atoms with E-state index in [9.17, 15) is 0 Å². The first-order valence-electron chi connectivity index (χ1n) is 15.6. The molecule has 0 bridgehead atoms. The molecule has 0 radical (unpaired) electrons. The maximum atomic E-state index is 6.76. The van der Waals surface area contributed by atoms with Crippen LogP contribution in [0.1, 0.15) is 0 Å². The quantitative estimate of drug-likeness (QED) is 0.105. The zero-order chi connectivity index (χ0) is 40.1. The van der Waals surface area contributed by atoms with Crippen molar-refractivity contribution in [2.75, 3.05) is 0 Å². The van der Waals surface area contributed by atoms with Crippen LogP contribution in [0.3, 0.4) is 0 Å². The third-order valence-corrected chi connectivity index (χ3v) is 17.2. The molecule has 0 heterocycles. The van der Waals surface area contributed by atoms with Crippen LogP contribution in [-0.2, 0) is 0 Å². The molecule has 0 aliphatic heterocycles. The Morgan fingerprint density at radius 2 is 0.286 bits per heavy atom. The lowest BCUT2D eigenvalue weighted by Crippen LogP contribution is -1.93. The van der Waals surface area contributed by atoms with Crippen LogP contribution in [0.25, 0.3) is 86.2 Å². The van der Waals surface area contributed by atoms with Gasteiger partial charge >= 0.3 is 0 Å². The summed E-state index contributed by atoms with van der Waals surface area (Å²) in [4.78, 5) is 0. The number of benzene rings is 10. The standard InChI is InChI=1S/2C20H4Br4Cl4/c2*21-5-1-9(25)15-16-10(26)3-7(23)14-8(24)4-12(28)18(20(14)16)17-11(27)2-6(22)13(5)19(15)17/h2*1-4H. The number of rotatable bonds is 0. The van der Waals surface area contributed by atoms with E-state index in [1.165, 1.54) is 0 Å². The molecule has 0 aliphatic rings. The highest BCUT2D eigenvalue weighted by molar-refractivity contribution is 9.12. The van der Waals surface area contributed by atoms with Crippen molar-refractivity contribution in [3.05, 3.63) is 124 Å². The highest BCUT2D eigenvalue weighted by atomic mass is 79.9. The van der Waals surface area contributed by atoms with Gasteiger partial charge in [-0.15, -0.1) is 0 Å². The van der Waals surface area contributed by atoms with Crippen LogP contribution in [0, 0.1) is 0 Å². The lowest BCUT2D eigenvalue weighted by Gasteiger charge is -2.21. The first-order valence-corrected chi connectivity index (χ1v) is 25.0. The Kier molecular flexibility index (Phi) is 11.6. The molecule has 10 aromatic rings. The molecule has 56 heavy (non-hydrogen) atoms. The van der Waals surface area contributed by atoms with E-state index in [-0.39, 0.29) is 0 Å². The van der Waals surface area contributed by atoms with Crippen LogP contribution in [0.2, 0.25) is 40.2 Å². The van der Waals surface area contributed by atoms with Gasteiger partial charge in [-0.3, -0.25) is 0 Å². The van der Waals surface area contributed by atoms with Crippen molar-refractivity contribution in [1.29, 1.82) is 0 Å². The summed E-state index contributed by atoms with van der Waals surface area (Å²) in [7, 11) is 0. The van der Waals surface area contributed by atoms with E-state index in [0.29, 0.717) is 40.2 Å². The monoisotopic (exact) mass is 1400 g/mol. The predicted molar refractivity (Wildman–Crippen MR) is 277 cm³/mol. The molecule has 16 heteroatoms. The van der Waals surface area contributed by atoms with Crippen LogP contribution in [-0.4, -0.2) is 0 Å². The van der Waals surface area contributed by atoms with E-state index in [1.54, 1.807) is 0 Å². The van der Waals surface area contributed by atoms with Crippen molar-refractivity contribution < 1.29 is 0 Å². The lowest BCUT2D eigenvalue weighted by molar-refractivity contribution is 1.69. The fourth-order valence-corrected chi connectivity index (χ4v) is 17.5. The highest BCUT2D eigenvalue weighted by Crippen LogP contribution is 2.56. The van der Waals surface area contributed by atoms with Crippen molar-refractivity contribution in [1.82, 2.24) is 0 Å². The largest absolute Gasteiger partial charge is 0.0836 e. The smallest absolute Gasteiger partial charge is 0.0503 e. The Labute approximate surface area is 424 Å². The first kappa shape index (κ1) is 42.3. The zero-order valence-corrected chi connectivity index (χ0v) is 45.4. The van der Waals surface area contributed by atoms with Gasteiger partial charge < -0.3 is 0 Å². The van der Waals surface area contributed by atoms with Crippen LogP contribution < -0.4 is 0 Å². The predicted octanol–water partition coefficient (Wildman–Crippen LogP) is 22.8. The average molecular weight is 1410 g/mol. The van der Waals surface area contributed by atoms with Crippen LogP contribution in [0.15, 0.2) is 84.3 Å². The van der Waals surface area contributed by atoms with E-state index in [0.717, 1.165) is 122 Å². The SMILES string of the molecule is Clc1cc(Br)c2c(Br)cc(Cl)c3c4c(Cl)cc(Br)c5c(Br)cc(Cl)c(c1c23)c54.Clc1cc(Br)c2c(Br)cc(Cl)c3c4c(Cl)cc(Br)c5c(Br)cc(Cl)c(c1c23)c54. The third-order valence-electron chi connectivity index (χ3n) is 9.85. The maximum Gasteiger partial charge on any atom is 0.0503 e. The topological polar surface area (TPSA) is 0 Å². The van der Waals surface area contributed by atoms with Crippen LogP contribution in [0.5, 0.6) is 0 Å². The van der Waals surface area contributed by atoms with E-state index >= 15 is 0 Å². The number of hydrogen-bond donors (Lipinski definition) is 0. The molecule has 280 valence electrons. The molecule has 0 aliphatic carbocycles. The van der Waals surface area contributed by atoms with Gasteiger partial charge in [-0.25, -0.2) is 0 Å². The van der Waals surface area contributed by atoms with E-state index in [1.807, 2.05) is 48.5 Å². The van der Waals surface area contributed by atoms with Crippen molar-refractivity contribution >= 4 is 306 Å². The summed E-state index contributed by atoms with van der Waals surface area (Å²) in [5.74, 6) is 0. The number of halogens is 16.